The molecule has 0 radical (unpaired) electrons. The summed E-state index contributed by atoms with van der Waals surface area (Å²) in [7, 11) is 0. The molecule has 1 aliphatic heterocycles. The molecule has 0 saturated heterocycles. The molecule has 0 N–H and O–H groups in total. The molecule has 1 unspecified atom stereocenters. The van der Waals surface area contributed by atoms with Crippen LogP contribution in [0.1, 0.15) is 26.3 Å². The fraction of sp³-hybridized carbons (Fsp3) is 0.231. The molecule has 3 rings (SSSR count). The number of hydrogen-bond acceptors (Lipinski definition) is 3. The van der Waals surface area contributed by atoms with E-state index in [9.17, 15) is 0 Å². The first-order valence-electron chi connectivity index (χ1n) is 5.30. The van der Waals surface area contributed by atoms with Gasteiger partial charge in [0.2, 0.25) is 0 Å². The molecule has 16 heavy (non-hydrogen) atoms. The Kier molecular flexibility index (Phi) is 2.92. The summed E-state index contributed by atoms with van der Waals surface area (Å²) in [6, 6.07) is 8.85. The molecule has 0 fully saturated rings. The highest BCUT2D eigenvalue weighted by atomic mass is 32.2. The Labute approximate surface area is 108 Å². The zero-order valence-corrected chi connectivity index (χ0v) is 11.4. The summed E-state index contributed by atoms with van der Waals surface area (Å²) in [5, 5.41) is 2.80. The minimum absolute atomic E-state index is 0.649. The van der Waals surface area contributed by atoms with Gasteiger partial charge in [0.15, 0.2) is 0 Å². The molecule has 3 heterocycles. The van der Waals surface area contributed by atoms with Gasteiger partial charge >= 0.3 is 0 Å². The van der Waals surface area contributed by atoms with Crippen LogP contribution in [0.25, 0.3) is 4.91 Å². The summed E-state index contributed by atoms with van der Waals surface area (Å²) >= 11 is 5.79. The van der Waals surface area contributed by atoms with E-state index < -0.39 is 0 Å². The predicted octanol–water partition coefficient (Wildman–Crippen LogP) is 5.34. The van der Waals surface area contributed by atoms with E-state index in [1.54, 1.807) is 0 Å². The molecular weight excluding hydrogens is 252 g/mol. The van der Waals surface area contributed by atoms with Gasteiger partial charge in [0.25, 0.3) is 0 Å². The van der Waals surface area contributed by atoms with Gasteiger partial charge in [0.1, 0.15) is 0 Å². The van der Waals surface area contributed by atoms with Crippen LogP contribution in [0.4, 0.5) is 0 Å². The molecule has 0 aliphatic carbocycles. The first kappa shape index (κ1) is 10.6. The van der Waals surface area contributed by atoms with E-state index in [0.717, 1.165) is 0 Å². The molecule has 0 nitrogen and oxygen atoms in total. The van der Waals surface area contributed by atoms with Gasteiger partial charge < -0.3 is 0 Å². The van der Waals surface area contributed by atoms with Crippen molar-refractivity contribution in [1.82, 2.24) is 0 Å². The van der Waals surface area contributed by atoms with Gasteiger partial charge in [-0.1, -0.05) is 12.1 Å². The highest BCUT2D eigenvalue weighted by Crippen LogP contribution is 2.50. The number of allylic oxidation sites excluding steroid dienone is 1. The van der Waals surface area contributed by atoms with Crippen molar-refractivity contribution in [1.29, 1.82) is 0 Å². The highest BCUT2D eigenvalue weighted by Gasteiger charge is 2.22. The third-order valence-corrected chi connectivity index (χ3v) is 6.30. The van der Waals surface area contributed by atoms with Crippen molar-refractivity contribution < 1.29 is 0 Å². The Morgan fingerprint density at radius 1 is 1.25 bits per heavy atom. The van der Waals surface area contributed by atoms with E-state index in [-0.39, 0.29) is 0 Å². The molecule has 2 aromatic rings. The third kappa shape index (κ3) is 1.99. The van der Waals surface area contributed by atoms with Gasteiger partial charge in [-0.05, 0) is 36.9 Å². The lowest BCUT2D eigenvalue weighted by molar-refractivity contribution is 1.02. The second-order valence-electron chi connectivity index (χ2n) is 3.84. The van der Waals surface area contributed by atoms with E-state index in [2.05, 4.69) is 42.6 Å². The minimum Gasteiger partial charge on any atom is -0.145 e. The van der Waals surface area contributed by atoms with Crippen LogP contribution in [0.15, 0.2) is 35.7 Å². The van der Waals surface area contributed by atoms with Crippen LogP contribution >= 0.6 is 34.4 Å². The predicted molar refractivity (Wildman–Crippen MR) is 76.3 cm³/mol. The number of rotatable bonds is 2. The minimum atomic E-state index is 0.649. The fourth-order valence-electron chi connectivity index (χ4n) is 1.84. The van der Waals surface area contributed by atoms with Gasteiger partial charge in [0.05, 0.1) is 0 Å². The van der Waals surface area contributed by atoms with Crippen molar-refractivity contribution >= 4 is 39.3 Å². The molecule has 1 atom stereocenters. The first-order chi connectivity index (χ1) is 7.83. The number of aryl methyl sites for hydroxylation is 1. The quantitative estimate of drug-likeness (QED) is 0.705. The average molecular weight is 264 g/mol. The number of hydrogen-bond donors (Lipinski definition) is 0. The largest absolute Gasteiger partial charge is 0.145 e. The maximum atomic E-state index is 2.39. The second kappa shape index (κ2) is 4.40. The Hall–Kier alpha value is -0.510. The van der Waals surface area contributed by atoms with Crippen LogP contribution in [0.3, 0.4) is 0 Å². The zero-order valence-electron chi connectivity index (χ0n) is 8.97. The molecule has 0 spiro atoms. The van der Waals surface area contributed by atoms with E-state index >= 15 is 0 Å². The van der Waals surface area contributed by atoms with Crippen LogP contribution in [-0.2, 0) is 0 Å². The van der Waals surface area contributed by atoms with Crippen molar-refractivity contribution in [2.45, 2.75) is 18.6 Å². The summed E-state index contributed by atoms with van der Waals surface area (Å²) in [5.41, 5.74) is 0. The van der Waals surface area contributed by atoms with Crippen molar-refractivity contribution in [2.75, 3.05) is 0 Å². The smallest absolute Gasteiger partial charge is 0.0473 e. The van der Waals surface area contributed by atoms with Gasteiger partial charge in [-0.2, -0.15) is 0 Å². The van der Waals surface area contributed by atoms with Gasteiger partial charge in [-0.15, -0.1) is 34.4 Å². The Morgan fingerprint density at radius 2 is 2.19 bits per heavy atom. The summed E-state index contributed by atoms with van der Waals surface area (Å²) in [6.45, 7) is 2.18. The molecule has 0 saturated carbocycles. The average Bonchev–Trinajstić information content (AvgIpc) is 2.97. The Bertz CT molecular complexity index is 505. The molecule has 2 aromatic heterocycles. The van der Waals surface area contributed by atoms with Crippen molar-refractivity contribution in [3.05, 3.63) is 50.4 Å². The summed E-state index contributed by atoms with van der Waals surface area (Å²) in [4.78, 5) is 5.82. The summed E-state index contributed by atoms with van der Waals surface area (Å²) < 4.78 is 0. The lowest BCUT2D eigenvalue weighted by atomic mass is 10.2. The molecule has 3 heteroatoms. The van der Waals surface area contributed by atoms with Crippen molar-refractivity contribution in [3.8, 4) is 0 Å². The summed E-state index contributed by atoms with van der Waals surface area (Å²) in [5.74, 6) is 0. The van der Waals surface area contributed by atoms with Crippen LogP contribution < -0.4 is 0 Å². The van der Waals surface area contributed by atoms with Crippen LogP contribution in [-0.4, -0.2) is 0 Å². The van der Waals surface area contributed by atoms with Crippen molar-refractivity contribution in [2.24, 2.45) is 0 Å². The third-order valence-electron chi connectivity index (χ3n) is 2.63. The number of thiophene rings is 2. The molecule has 1 aliphatic rings. The first-order valence-corrected chi connectivity index (χ1v) is 7.87. The van der Waals surface area contributed by atoms with E-state index in [0.29, 0.717) is 5.25 Å². The van der Waals surface area contributed by atoms with Crippen molar-refractivity contribution in [3.63, 3.8) is 0 Å². The topological polar surface area (TPSA) is 0 Å². The lowest BCUT2D eigenvalue weighted by Crippen LogP contribution is -1.82. The fourth-order valence-corrected chi connectivity index (χ4v) is 5.02. The molecule has 82 valence electrons. The number of thioether (sulfide) groups is 1. The zero-order chi connectivity index (χ0) is 11.0. The van der Waals surface area contributed by atoms with Crippen LogP contribution in [0.5, 0.6) is 0 Å². The van der Waals surface area contributed by atoms with Crippen LogP contribution in [0.2, 0.25) is 0 Å². The molecular formula is C13H12S3. The standard InChI is InChI=1S/C13H12S3/c1-9-4-5-12(15-9)13-7-6-11(16-13)10-3-2-8-14-10/h2-6,8,13H,7H2,1H3. The Balaban J connectivity index is 1.77. The van der Waals surface area contributed by atoms with E-state index in [4.69, 9.17) is 0 Å². The van der Waals surface area contributed by atoms with E-state index in [1.807, 2.05) is 34.4 Å². The molecule has 0 aromatic carbocycles. The second-order valence-corrected chi connectivity index (χ2v) is 7.35. The van der Waals surface area contributed by atoms with Gasteiger partial charge in [0, 0.05) is 24.8 Å². The van der Waals surface area contributed by atoms with Crippen LogP contribution in [0, 0.1) is 6.92 Å². The summed E-state index contributed by atoms with van der Waals surface area (Å²) in [6.07, 6.45) is 3.56. The molecule has 0 amide bonds. The maximum absolute atomic E-state index is 2.39. The Morgan fingerprint density at radius 3 is 2.88 bits per heavy atom. The lowest BCUT2D eigenvalue weighted by Gasteiger charge is -2.06. The van der Waals surface area contributed by atoms with Gasteiger partial charge in [-0.3, -0.25) is 0 Å². The highest BCUT2D eigenvalue weighted by molar-refractivity contribution is 8.09. The molecule has 0 bridgehead atoms. The normalized spacial score (nSPS) is 20.1. The van der Waals surface area contributed by atoms with Gasteiger partial charge in [-0.25, -0.2) is 0 Å². The van der Waals surface area contributed by atoms with E-state index in [1.165, 1.54) is 26.0 Å². The maximum Gasteiger partial charge on any atom is 0.0473 e. The monoisotopic (exact) mass is 264 g/mol. The SMILES string of the molecule is Cc1ccc(C2CC=C(c3cccs3)S2)s1.